The Morgan fingerprint density at radius 3 is 2.85 bits per heavy atom. The molecule has 66 valence electrons. The minimum Gasteiger partial charge on any atom is -0.358 e. The molecule has 0 aliphatic heterocycles. The first kappa shape index (κ1) is 7.19. The number of rotatable bonds is 1. The quantitative estimate of drug-likeness (QED) is 0.677. The SMILES string of the molecule is Cc1cccc2[nH]c(C3CC3)cc12. The van der Waals surface area contributed by atoms with Gasteiger partial charge in [-0.1, -0.05) is 12.1 Å². The number of aromatic amines is 1. The van der Waals surface area contributed by atoms with E-state index >= 15 is 0 Å². The summed E-state index contributed by atoms with van der Waals surface area (Å²) in [6, 6.07) is 8.77. The van der Waals surface area contributed by atoms with Crippen molar-refractivity contribution in [1.82, 2.24) is 4.98 Å². The molecule has 0 amide bonds. The lowest BCUT2D eigenvalue weighted by atomic mass is 10.1. The number of nitrogens with one attached hydrogen (secondary N) is 1. The van der Waals surface area contributed by atoms with Crippen molar-refractivity contribution in [2.45, 2.75) is 25.7 Å². The number of hydrogen-bond donors (Lipinski definition) is 1. The molecule has 1 nitrogen and oxygen atoms in total. The van der Waals surface area contributed by atoms with Crippen LogP contribution in [0.5, 0.6) is 0 Å². The van der Waals surface area contributed by atoms with Gasteiger partial charge in [0.05, 0.1) is 0 Å². The molecule has 0 bridgehead atoms. The third kappa shape index (κ3) is 1.07. The lowest BCUT2D eigenvalue weighted by Gasteiger charge is -1.92. The van der Waals surface area contributed by atoms with E-state index in [2.05, 4.69) is 36.2 Å². The second-order valence-corrected chi connectivity index (χ2v) is 4.04. The van der Waals surface area contributed by atoms with Gasteiger partial charge in [0.15, 0.2) is 0 Å². The molecular weight excluding hydrogens is 158 g/mol. The van der Waals surface area contributed by atoms with Crippen LogP contribution >= 0.6 is 0 Å². The van der Waals surface area contributed by atoms with E-state index in [1.807, 2.05) is 0 Å². The average molecular weight is 171 g/mol. The number of aryl methyl sites for hydroxylation is 1. The maximum Gasteiger partial charge on any atom is 0.0458 e. The Bertz CT molecular complexity index is 449. The van der Waals surface area contributed by atoms with E-state index in [4.69, 9.17) is 0 Å². The van der Waals surface area contributed by atoms with E-state index < -0.39 is 0 Å². The summed E-state index contributed by atoms with van der Waals surface area (Å²) in [4.78, 5) is 3.50. The molecule has 3 rings (SSSR count). The van der Waals surface area contributed by atoms with Crippen LogP contribution in [0.4, 0.5) is 0 Å². The van der Waals surface area contributed by atoms with Gasteiger partial charge in [-0.15, -0.1) is 0 Å². The monoisotopic (exact) mass is 171 g/mol. The van der Waals surface area contributed by atoms with Gasteiger partial charge in [-0.3, -0.25) is 0 Å². The van der Waals surface area contributed by atoms with Crippen LogP contribution in [0.3, 0.4) is 0 Å². The van der Waals surface area contributed by atoms with Crippen molar-refractivity contribution in [3.8, 4) is 0 Å². The summed E-state index contributed by atoms with van der Waals surface area (Å²) in [7, 11) is 0. The standard InChI is InChI=1S/C12H13N/c1-8-3-2-4-11-10(8)7-12(13-11)9-5-6-9/h2-4,7,9,13H,5-6H2,1H3. The van der Waals surface area contributed by atoms with E-state index in [1.54, 1.807) is 0 Å². The first-order valence-corrected chi connectivity index (χ1v) is 4.93. The average Bonchev–Trinajstić information content (AvgIpc) is 2.87. The molecule has 0 saturated heterocycles. The number of fused-ring (bicyclic) bond motifs is 1. The molecule has 1 aliphatic carbocycles. The minimum absolute atomic E-state index is 0.826. The number of aromatic nitrogens is 1. The van der Waals surface area contributed by atoms with Crippen LogP contribution in [0.15, 0.2) is 24.3 Å². The Labute approximate surface area is 77.8 Å². The molecule has 1 aromatic carbocycles. The van der Waals surface area contributed by atoms with Gasteiger partial charge >= 0.3 is 0 Å². The molecular formula is C12H13N. The second-order valence-electron chi connectivity index (χ2n) is 4.04. The molecule has 0 spiro atoms. The molecule has 1 heterocycles. The second kappa shape index (κ2) is 2.38. The maximum absolute atomic E-state index is 3.50. The normalized spacial score (nSPS) is 16.7. The Hall–Kier alpha value is -1.24. The molecule has 1 heteroatoms. The summed E-state index contributed by atoms with van der Waals surface area (Å²) < 4.78 is 0. The highest BCUT2D eigenvalue weighted by Gasteiger charge is 2.25. The zero-order valence-corrected chi connectivity index (χ0v) is 7.80. The molecule has 0 unspecified atom stereocenters. The molecule has 1 aromatic heterocycles. The van der Waals surface area contributed by atoms with E-state index in [1.165, 1.54) is 35.0 Å². The minimum atomic E-state index is 0.826. The largest absolute Gasteiger partial charge is 0.358 e. The van der Waals surface area contributed by atoms with E-state index in [0.717, 1.165) is 5.92 Å². The number of hydrogen-bond acceptors (Lipinski definition) is 0. The highest BCUT2D eigenvalue weighted by atomic mass is 14.7. The van der Waals surface area contributed by atoms with Gasteiger partial charge in [0.25, 0.3) is 0 Å². The van der Waals surface area contributed by atoms with Crippen LogP contribution in [0, 0.1) is 6.92 Å². The van der Waals surface area contributed by atoms with Crippen LogP contribution in [-0.4, -0.2) is 4.98 Å². The topological polar surface area (TPSA) is 15.8 Å². The molecule has 1 fully saturated rings. The van der Waals surface area contributed by atoms with Crippen molar-refractivity contribution in [2.24, 2.45) is 0 Å². The van der Waals surface area contributed by atoms with Gasteiger partial charge in [-0.2, -0.15) is 0 Å². The van der Waals surface area contributed by atoms with Gasteiger partial charge in [0.1, 0.15) is 0 Å². The highest BCUT2D eigenvalue weighted by Crippen LogP contribution is 2.40. The van der Waals surface area contributed by atoms with Crippen molar-refractivity contribution < 1.29 is 0 Å². The lowest BCUT2D eigenvalue weighted by Crippen LogP contribution is -1.74. The van der Waals surface area contributed by atoms with E-state index in [0.29, 0.717) is 0 Å². The van der Waals surface area contributed by atoms with Crippen molar-refractivity contribution in [2.75, 3.05) is 0 Å². The van der Waals surface area contributed by atoms with Crippen LogP contribution < -0.4 is 0 Å². The summed E-state index contributed by atoms with van der Waals surface area (Å²) in [5.41, 5.74) is 4.10. The Balaban J connectivity index is 2.26. The Morgan fingerprint density at radius 2 is 2.15 bits per heavy atom. The fraction of sp³-hybridized carbons (Fsp3) is 0.333. The summed E-state index contributed by atoms with van der Waals surface area (Å²) in [6.45, 7) is 2.17. The first-order valence-electron chi connectivity index (χ1n) is 4.93. The smallest absolute Gasteiger partial charge is 0.0458 e. The molecule has 0 radical (unpaired) electrons. The van der Waals surface area contributed by atoms with Gasteiger partial charge in [-0.25, -0.2) is 0 Å². The van der Waals surface area contributed by atoms with Crippen LogP contribution in [0.2, 0.25) is 0 Å². The van der Waals surface area contributed by atoms with Crippen LogP contribution in [0.25, 0.3) is 10.9 Å². The Morgan fingerprint density at radius 1 is 1.31 bits per heavy atom. The first-order chi connectivity index (χ1) is 6.34. The third-order valence-corrected chi connectivity index (χ3v) is 2.92. The van der Waals surface area contributed by atoms with Gasteiger partial charge in [0, 0.05) is 16.6 Å². The summed E-state index contributed by atoms with van der Waals surface area (Å²) in [5, 5.41) is 1.39. The maximum atomic E-state index is 3.50. The fourth-order valence-corrected chi connectivity index (χ4v) is 1.94. The predicted octanol–water partition coefficient (Wildman–Crippen LogP) is 3.35. The Kier molecular flexibility index (Phi) is 1.32. The number of H-pyrrole nitrogens is 1. The van der Waals surface area contributed by atoms with Crippen molar-refractivity contribution >= 4 is 10.9 Å². The zero-order chi connectivity index (χ0) is 8.84. The van der Waals surface area contributed by atoms with Crippen LogP contribution in [-0.2, 0) is 0 Å². The van der Waals surface area contributed by atoms with Crippen molar-refractivity contribution in [3.63, 3.8) is 0 Å². The molecule has 13 heavy (non-hydrogen) atoms. The fourth-order valence-electron chi connectivity index (χ4n) is 1.94. The molecule has 1 N–H and O–H groups in total. The predicted molar refractivity (Wildman–Crippen MR) is 55.0 cm³/mol. The molecule has 1 saturated carbocycles. The van der Waals surface area contributed by atoms with Crippen molar-refractivity contribution in [3.05, 3.63) is 35.5 Å². The third-order valence-electron chi connectivity index (χ3n) is 2.92. The lowest BCUT2D eigenvalue weighted by molar-refractivity contribution is 1.06. The summed E-state index contributed by atoms with van der Waals surface area (Å²) >= 11 is 0. The zero-order valence-electron chi connectivity index (χ0n) is 7.80. The molecule has 0 atom stereocenters. The van der Waals surface area contributed by atoms with Crippen LogP contribution in [0.1, 0.15) is 30.0 Å². The van der Waals surface area contributed by atoms with Gasteiger partial charge < -0.3 is 4.98 Å². The number of benzene rings is 1. The van der Waals surface area contributed by atoms with E-state index in [-0.39, 0.29) is 0 Å². The molecule has 1 aliphatic rings. The molecule has 2 aromatic rings. The van der Waals surface area contributed by atoms with E-state index in [9.17, 15) is 0 Å². The highest BCUT2D eigenvalue weighted by molar-refractivity contribution is 5.83. The summed E-state index contributed by atoms with van der Waals surface area (Å²) in [5.74, 6) is 0.826. The van der Waals surface area contributed by atoms with Gasteiger partial charge in [-0.05, 0) is 43.4 Å². The van der Waals surface area contributed by atoms with Gasteiger partial charge in [0.2, 0.25) is 0 Å². The van der Waals surface area contributed by atoms with Crippen molar-refractivity contribution in [1.29, 1.82) is 0 Å². The summed E-state index contributed by atoms with van der Waals surface area (Å²) in [6.07, 6.45) is 2.73.